The fraction of sp³-hybridized carbons (Fsp3) is 0.412. The summed E-state index contributed by atoms with van der Waals surface area (Å²) in [5, 5.41) is 10.5. The molecule has 0 saturated heterocycles. The largest absolute Gasteiger partial charge is 0.504 e. The van der Waals surface area contributed by atoms with Crippen molar-refractivity contribution < 1.29 is 28.5 Å². The summed E-state index contributed by atoms with van der Waals surface area (Å²) in [4.78, 5) is 22.4. The van der Waals surface area contributed by atoms with Gasteiger partial charge in [0.05, 0.1) is 25.2 Å². The molecule has 1 aromatic carbocycles. The maximum absolute atomic E-state index is 11.7. The molecule has 1 N–H and O–H groups in total. The van der Waals surface area contributed by atoms with Crippen LogP contribution >= 0.6 is 0 Å². The summed E-state index contributed by atoms with van der Waals surface area (Å²) in [5.41, 5.74) is -0.468. The lowest BCUT2D eigenvalue weighted by atomic mass is 10.2. The smallest absolute Gasteiger partial charge is 0.383 e. The molecule has 0 saturated carbocycles. The first-order valence-electron chi connectivity index (χ1n) is 7.71. The third kappa shape index (κ3) is 4.41. The minimum absolute atomic E-state index is 0.205. The molecule has 7 heteroatoms. The van der Waals surface area contributed by atoms with E-state index < -0.39 is 5.63 Å². The topological polar surface area (TPSA) is 95.2 Å². The van der Waals surface area contributed by atoms with Gasteiger partial charge in [0.25, 0.3) is 0 Å². The van der Waals surface area contributed by atoms with Crippen LogP contribution in [-0.2, 0) is 9.53 Å². The van der Waals surface area contributed by atoms with E-state index in [9.17, 15) is 14.7 Å². The summed E-state index contributed by atoms with van der Waals surface area (Å²) in [6, 6.07) is 4.79. The Labute approximate surface area is 138 Å². The van der Waals surface area contributed by atoms with Gasteiger partial charge in [0.1, 0.15) is 11.3 Å². The second kappa shape index (κ2) is 8.24. The molecule has 7 nitrogen and oxygen atoms in total. The fourth-order valence-corrected chi connectivity index (χ4v) is 2.12. The van der Waals surface area contributed by atoms with E-state index in [1.165, 1.54) is 6.92 Å². The van der Waals surface area contributed by atoms with Crippen molar-refractivity contribution in [3.8, 4) is 17.2 Å². The van der Waals surface area contributed by atoms with E-state index in [1.54, 1.807) is 25.1 Å². The minimum Gasteiger partial charge on any atom is -0.504 e. The van der Waals surface area contributed by atoms with Crippen LogP contribution in [0, 0.1) is 0 Å². The molecule has 0 spiro atoms. The maximum atomic E-state index is 11.7. The van der Waals surface area contributed by atoms with Crippen LogP contribution in [0.3, 0.4) is 0 Å². The van der Waals surface area contributed by atoms with Crippen molar-refractivity contribution in [1.29, 1.82) is 0 Å². The van der Waals surface area contributed by atoms with Gasteiger partial charge in [-0.2, -0.15) is 0 Å². The Morgan fingerprint density at radius 2 is 1.96 bits per heavy atom. The Morgan fingerprint density at radius 3 is 2.67 bits per heavy atom. The van der Waals surface area contributed by atoms with E-state index in [0.29, 0.717) is 37.2 Å². The molecule has 0 atom stereocenters. The molecule has 0 radical (unpaired) electrons. The molecule has 0 aliphatic rings. The second-order valence-corrected chi connectivity index (χ2v) is 5.05. The van der Waals surface area contributed by atoms with Gasteiger partial charge in [0, 0.05) is 6.92 Å². The number of fused-ring (bicyclic) bond motifs is 1. The summed E-state index contributed by atoms with van der Waals surface area (Å²) in [7, 11) is 0. The lowest BCUT2D eigenvalue weighted by Gasteiger charge is -2.09. The molecule has 0 aliphatic heterocycles. The number of carbonyl (C=O) groups is 1. The Morgan fingerprint density at radius 1 is 1.21 bits per heavy atom. The van der Waals surface area contributed by atoms with E-state index in [-0.39, 0.29) is 29.7 Å². The van der Waals surface area contributed by atoms with Crippen LogP contribution in [0.4, 0.5) is 0 Å². The Kier molecular flexibility index (Phi) is 6.06. The van der Waals surface area contributed by atoms with Crippen molar-refractivity contribution in [3.63, 3.8) is 0 Å². The molecular weight excluding hydrogens is 316 g/mol. The first-order valence-corrected chi connectivity index (χ1v) is 7.71. The first-order chi connectivity index (χ1) is 11.5. The van der Waals surface area contributed by atoms with Gasteiger partial charge in [0.15, 0.2) is 5.75 Å². The Hall–Kier alpha value is -2.70. The van der Waals surface area contributed by atoms with Gasteiger partial charge in [-0.25, -0.2) is 4.79 Å². The fourth-order valence-electron chi connectivity index (χ4n) is 2.12. The number of hydrogen-bond acceptors (Lipinski definition) is 7. The van der Waals surface area contributed by atoms with Crippen LogP contribution in [0.1, 0.15) is 26.7 Å². The van der Waals surface area contributed by atoms with Crippen molar-refractivity contribution >= 4 is 16.9 Å². The van der Waals surface area contributed by atoms with Crippen LogP contribution in [-0.4, -0.2) is 30.9 Å². The molecule has 2 aromatic rings. The summed E-state index contributed by atoms with van der Waals surface area (Å²) >= 11 is 0. The lowest BCUT2D eigenvalue weighted by molar-refractivity contribution is -0.141. The summed E-state index contributed by atoms with van der Waals surface area (Å²) in [5.74, 6) is -0.235. The number of benzene rings is 1. The highest BCUT2D eigenvalue weighted by molar-refractivity contribution is 5.86. The van der Waals surface area contributed by atoms with Crippen LogP contribution < -0.4 is 15.1 Å². The number of esters is 1. The zero-order valence-corrected chi connectivity index (χ0v) is 13.7. The first kappa shape index (κ1) is 17.7. The molecule has 0 bridgehead atoms. The molecule has 0 fully saturated rings. The average molecular weight is 336 g/mol. The predicted octanol–water partition coefficient (Wildman–Crippen LogP) is 2.62. The van der Waals surface area contributed by atoms with Crippen LogP contribution in [0.5, 0.6) is 17.2 Å². The zero-order valence-electron chi connectivity index (χ0n) is 13.7. The quantitative estimate of drug-likeness (QED) is 0.450. The number of hydrogen-bond donors (Lipinski definition) is 1. The third-order valence-corrected chi connectivity index (χ3v) is 3.21. The van der Waals surface area contributed by atoms with Gasteiger partial charge in [-0.3, -0.25) is 4.79 Å². The van der Waals surface area contributed by atoms with Crippen molar-refractivity contribution in [2.24, 2.45) is 0 Å². The lowest BCUT2D eigenvalue weighted by Crippen LogP contribution is -2.07. The Balaban J connectivity index is 2.04. The maximum Gasteiger partial charge on any atom is 0.383 e. The number of ether oxygens (including phenoxy) is 3. The molecule has 1 heterocycles. The van der Waals surface area contributed by atoms with Crippen LogP contribution in [0.15, 0.2) is 27.4 Å². The SMILES string of the molecule is CCOc1c(O)c2cc(OCCCCOC(C)=O)ccc2oc1=O. The molecule has 130 valence electrons. The van der Waals surface area contributed by atoms with Gasteiger partial charge < -0.3 is 23.7 Å². The zero-order chi connectivity index (χ0) is 17.5. The van der Waals surface area contributed by atoms with Crippen molar-refractivity contribution in [1.82, 2.24) is 0 Å². The second-order valence-electron chi connectivity index (χ2n) is 5.05. The van der Waals surface area contributed by atoms with Crippen LogP contribution in [0.2, 0.25) is 0 Å². The van der Waals surface area contributed by atoms with Gasteiger partial charge in [-0.05, 0) is 38.0 Å². The average Bonchev–Trinajstić information content (AvgIpc) is 2.55. The standard InChI is InChI=1S/C17H20O7/c1-3-21-16-15(19)13-10-12(6-7-14(13)24-17(16)20)23-9-5-4-8-22-11(2)18/h6-7,10,19H,3-5,8-9H2,1-2H3. The van der Waals surface area contributed by atoms with Gasteiger partial charge in [-0.1, -0.05) is 0 Å². The highest BCUT2D eigenvalue weighted by atomic mass is 16.5. The van der Waals surface area contributed by atoms with Crippen molar-refractivity contribution in [2.45, 2.75) is 26.7 Å². The molecule has 0 aliphatic carbocycles. The van der Waals surface area contributed by atoms with Gasteiger partial charge >= 0.3 is 11.6 Å². The van der Waals surface area contributed by atoms with Crippen molar-refractivity contribution in [2.75, 3.05) is 19.8 Å². The molecule has 24 heavy (non-hydrogen) atoms. The van der Waals surface area contributed by atoms with Gasteiger partial charge in [0.2, 0.25) is 5.75 Å². The van der Waals surface area contributed by atoms with Gasteiger partial charge in [-0.15, -0.1) is 0 Å². The van der Waals surface area contributed by atoms with E-state index in [0.717, 1.165) is 0 Å². The highest BCUT2D eigenvalue weighted by Crippen LogP contribution is 2.33. The molecule has 0 unspecified atom stereocenters. The number of carbonyl (C=O) groups excluding carboxylic acids is 1. The molecule has 2 rings (SSSR count). The predicted molar refractivity (Wildman–Crippen MR) is 86.7 cm³/mol. The Bertz CT molecular complexity index is 763. The monoisotopic (exact) mass is 336 g/mol. The highest BCUT2D eigenvalue weighted by Gasteiger charge is 2.15. The number of aromatic hydroxyl groups is 1. The van der Waals surface area contributed by atoms with E-state index in [1.807, 2.05) is 0 Å². The number of rotatable bonds is 8. The molecule has 1 aromatic heterocycles. The summed E-state index contributed by atoms with van der Waals surface area (Å²) < 4.78 is 20.7. The van der Waals surface area contributed by atoms with E-state index in [4.69, 9.17) is 18.6 Å². The van der Waals surface area contributed by atoms with E-state index >= 15 is 0 Å². The molecular formula is C17H20O7. The summed E-state index contributed by atoms with van der Waals surface area (Å²) in [6.45, 7) is 4.11. The minimum atomic E-state index is -0.721. The van der Waals surface area contributed by atoms with Crippen molar-refractivity contribution in [3.05, 3.63) is 28.6 Å². The summed E-state index contributed by atoms with van der Waals surface area (Å²) in [6.07, 6.45) is 1.41. The van der Waals surface area contributed by atoms with Crippen LogP contribution in [0.25, 0.3) is 11.0 Å². The van der Waals surface area contributed by atoms with E-state index in [2.05, 4.69) is 0 Å². The normalized spacial score (nSPS) is 10.6. The number of unbranched alkanes of at least 4 members (excludes halogenated alkanes) is 1. The molecule has 0 amide bonds. The third-order valence-electron chi connectivity index (χ3n) is 3.21.